The number of amides is 1. The summed E-state index contributed by atoms with van der Waals surface area (Å²) in [5.41, 5.74) is 5.44. The topological polar surface area (TPSA) is 92.5 Å². The molecule has 122 valence electrons. The molecule has 2 rings (SSSR count). The molecule has 1 unspecified atom stereocenters. The van der Waals surface area contributed by atoms with Gasteiger partial charge in [0.25, 0.3) is 0 Å². The van der Waals surface area contributed by atoms with E-state index < -0.39 is 15.9 Å². The Balaban J connectivity index is 2.32. The fourth-order valence-electron chi connectivity index (χ4n) is 2.70. The van der Waals surface area contributed by atoms with E-state index in [9.17, 15) is 13.2 Å². The number of sulfonamides is 1. The second-order valence-electron chi connectivity index (χ2n) is 5.47. The fourth-order valence-corrected chi connectivity index (χ4v) is 4.97. The molecule has 0 aromatic heterocycles. The Labute approximate surface area is 139 Å². The smallest absolute Gasteiger partial charge is 0.248 e. The van der Waals surface area contributed by atoms with E-state index in [1.807, 2.05) is 7.05 Å². The number of hydrogen-bond donors (Lipinski definition) is 2. The first-order valence-corrected chi connectivity index (χ1v) is 9.33. The van der Waals surface area contributed by atoms with Gasteiger partial charge in [0.15, 0.2) is 0 Å². The molecule has 0 spiro atoms. The first kappa shape index (κ1) is 17.4. The lowest BCUT2D eigenvalue weighted by Gasteiger charge is -2.32. The van der Waals surface area contributed by atoms with Crippen LogP contribution in [0.2, 0.25) is 0 Å². The Kier molecular flexibility index (Phi) is 5.60. The van der Waals surface area contributed by atoms with Crippen LogP contribution in [0.5, 0.6) is 0 Å². The number of primary amides is 1. The molecule has 1 aliphatic rings. The molecule has 0 saturated carbocycles. The van der Waals surface area contributed by atoms with Crippen LogP contribution in [0.4, 0.5) is 0 Å². The summed E-state index contributed by atoms with van der Waals surface area (Å²) in [5.74, 6) is -0.347. The van der Waals surface area contributed by atoms with Gasteiger partial charge in [-0.15, -0.1) is 0 Å². The Bertz CT molecular complexity index is 661. The monoisotopic (exact) mass is 389 g/mol. The molecule has 0 bridgehead atoms. The van der Waals surface area contributed by atoms with E-state index in [1.54, 1.807) is 0 Å². The van der Waals surface area contributed by atoms with Gasteiger partial charge in [0.1, 0.15) is 0 Å². The minimum absolute atomic E-state index is 0.0979. The molecule has 0 radical (unpaired) electrons. The molecule has 3 N–H and O–H groups in total. The molecule has 1 fully saturated rings. The lowest BCUT2D eigenvalue weighted by molar-refractivity contribution is 0.1000. The maximum atomic E-state index is 12.8. The second kappa shape index (κ2) is 7.08. The Hall–Kier alpha value is -0.960. The zero-order valence-electron chi connectivity index (χ0n) is 12.4. The highest BCUT2D eigenvalue weighted by atomic mass is 79.9. The van der Waals surface area contributed by atoms with E-state index >= 15 is 0 Å². The Morgan fingerprint density at radius 1 is 1.45 bits per heavy atom. The number of nitrogens with zero attached hydrogens (tertiary/aromatic N) is 1. The van der Waals surface area contributed by atoms with Crippen molar-refractivity contribution in [2.75, 3.05) is 26.7 Å². The van der Waals surface area contributed by atoms with Crippen molar-refractivity contribution in [2.45, 2.75) is 17.7 Å². The third-order valence-electron chi connectivity index (χ3n) is 3.77. The molecule has 1 saturated heterocycles. The van der Waals surface area contributed by atoms with Gasteiger partial charge in [-0.2, -0.15) is 4.31 Å². The normalized spacial score (nSPS) is 20.0. The van der Waals surface area contributed by atoms with Crippen LogP contribution >= 0.6 is 15.9 Å². The van der Waals surface area contributed by atoms with E-state index in [-0.39, 0.29) is 10.5 Å². The minimum Gasteiger partial charge on any atom is -0.366 e. The van der Waals surface area contributed by atoms with Crippen molar-refractivity contribution >= 4 is 31.9 Å². The number of nitrogens with two attached hydrogens (primary N) is 1. The van der Waals surface area contributed by atoms with E-state index in [2.05, 4.69) is 21.2 Å². The number of benzene rings is 1. The van der Waals surface area contributed by atoms with E-state index in [1.165, 1.54) is 22.5 Å². The molecule has 1 aromatic carbocycles. The quantitative estimate of drug-likeness (QED) is 0.790. The van der Waals surface area contributed by atoms with Gasteiger partial charge in [0.05, 0.1) is 4.90 Å². The molecule has 0 aliphatic carbocycles. The largest absolute Gasteiger partial charge is 0.366 e. The van der Waals surface area contributed by atoms with Crippen molar-refractivity contribution < 1.29 is 13.2 Å². The average Bonchev–Trinajstić information content (AvgIpc) is 2.47. The van der Waals surface area contributed by atoms with Crippen molar-refractivity contribution in [3.8, 4) is 0 Å². The predicted octanol–water partition coefficient (Wildman–Crippen LogP) is 1.17. The summed E-state index contributed by atoms with van der Waals surface area (Å²) >= 11 is 3.23. The molecule has 1 atom stereocenters. The van der Waals surface area contributed by atoms with Crippen LogP contribution in [0.15, 0.2) is 27.6 Å². The maximum Gasteiger partial charge on any atom is 0.248 e. The van der Waals surface area contributed by atoms with Crippen molar-refractivity contribution in [1.82, 2.24) is 9.62 Å². The molecule has 8 heteroatoms. The highest BCUT2D eigenvalue weighted by Crippen LogP contribution is 2.26. The third-order valence-corrected chi connectivity index (χ3v) is 6.07. The standard InChI is InChI=1S/C14H20BrN3O3S/c1-17-8-10-3-2-4-18(9-10)22(20,21)13-6-11(14(16)19)5-12(15)7-13/h5-7,10,17H,2-4,8-9H2,1H3,(H2,16,19). The zero-order chi connectivity index (χ0) is 16.3. The third kappa shape index (κ3) is 3.87. The number of nitrogens with one attached hydrogen (secondary N) is 1. The highest BCUT2D eigenvalue weighted by molar-refractivity contribution is 9.10. The van der Waals surface area contributed by atoms with Gasteiger partial charge in [-0.25, -0.2) is 8.42 Å². The number of halogens is 1. The fraction of sp³-hybridized carbons (Fsp3) is 0.500. The van der Waals surface area contributed by atoms with Gasteiger partial charge >= 0.3 is 0 Å². The Morgan fingerprint density at radius 3 is 2.82 bits per heavy atom. The van der Waals surface area contributed by atoms with Gasteiger partial charge in [0.2, 0.25) is 15.9 Å². The summed E-state index contributed by atoms with van der Waals surface area (Å²) < 4.78 is 27.6. The number of carbonyl (C=O) groups is 1. The molecule has 1 aliphatic heterocycles. The number of rotatable bonds is 5. The zero-order valence-corrected chi connectivity index (χ0v) is 14.8. The Morgan fingerprint density at radius 2 is 2.18 bits per heavy atom. The SMILES string of the molecule is CNCC1CCCN(S(=O)(=O)c2cc(Br)cc(C(N)=O)c2)C1. The summed E-state index contributed by atoms with van der Waals surface area (Å²) in [6, 6.07) is 4.36. The number of piperidine rings is 1. The summed E-state index contributed by atoms with van der Waals surface area (Å²) in [7, 11) is -1.76. The molecule has 1 amide bonds. The van der Waals surface area contributed by atoms with Crippen LogP contribution in [0, 0.1) is 5.92 Å². The molecular weight excluding hydrogens is 370 g/mol. The minimum atomic E-state index is -3.62. The van der Waals surface area contributed by atoms with Crippen LogP contribution < -0.4 is 11.1 Å². The van der Waals surface area contributed by atoms with E-state index in [0.29, 0.717) is 23.5 Å². The highest BCUT2D eigenvalue weighted by Gasteiger charge is 2.30. The first-order chi connectivity index (χ1) is 10.3. The van der Waals surface area contributed by atoms with Crippen molar-refractivity contribution in [3.05, 3.63) is 28.2 Å². The number of carbonyl (C=O) groups excluding carboxylic acids is 1. The molecule has 1 aromatic rings. The summed E-state index contributed by atoms with van der Waals surface area (Å²) in [6.45, 7) is 1.78. The maximum absolute atomic E-state index is 12.8. The lowest BCUT2D eigenvalue weighted by Crippen LogP contribution is -2.42. The van der Waals surface area contributed by atoms with Crippen LogP contribution in [0.25, 0.3) is 0 Å². The molecule has 1 heterocycles. The van der Waals surface area contributed by atoms with Gasteiger partial charge in [-0.1, -0.05) is 15.9 Å². The van der Waals surface area contributed by atoms with Gasteiger partial charge in [0, 0.05) is 23.1 Å². The van der Waals surface area contributed by atoms with Crippen LogP contribution in [-0.4, -0.2) is 45.3 Å². The van der Waals surface area contributed by atoms with Crippen molar-refractivity contribution in [3.63, 3.8) is 0 Å². The molecule has 6 nitrogen and oxygen atoms in total. The second-order valence-corrected chi connectivity index (χ2v) is 8.32. The summed E-state index contributed by atoms with van der Waals surface area (Å²) in [6.07, 6.45) is 1.85. The lowest BCUT2D eigenvalue weighted by atomic mass is 10.00. The van der Waals surface area contributed by atoms with Crippen molar-refractivity contribution in [2.24, 2.45) is 11.7 Å². The van der Waals surface area contributed by atoms with E-state index in [4.69, 9.17) is 5.73 Å². The average molecular weight is 390 g/mol. The van der Waals surface area contributed by atoms with Gasteiger partial charge < -0.3 is 11.1 Å². The first-order valence-electron chi connectivity index (χ1n) is 7.09. The van der Waals surface area contributed by atoms with Crippen molar-refractivity contribution in [1.29, 1.82) is 0 Å². The predicted molar refractivity (Wildman–Crippen MR) is 88.1 cm³/mol. The van der Waals surface area contributed by atoms with Crippen LogP contribution in [0.1, 0.15) is 23.2 Å². The summed E-state index contributed by atoms with van der Waals surface area (Å²) in [4.78, 5) is 11.4. The van der Waals surface area contributed by atoms with Gasteiger partial charge in [-0.3, -0.25) is 4.79 Å². The molecular formula is C14H20BrN3O3S. The summed E-state index contributed by atoms with van der Waals surface area (Å²) in [5, 5.41) is 3.09. The molecule has 22 heavy (non-hydrogen) atoms. The van der Waals surface area contributed by atoms with E-state index in [0.717, 1.165) is 19.4 Å². The van der Waals surface area contributed by atoms with Gasteiger partial charge in [-0.05, 0) is 50.6 Å². The number of hydrogen-bond acceptors (Lipinski definition) is 4. The van der Waals surface area contributed by atoms with Crippen LogP contribution in [-0.2, 0) is 10.0 Å². The van der Waals surface area contributed by atoms with Crippen LogP contribution in [0.3, 0.4) is 0 Å².